The molecule has 0 aliphatic heterocycles. The highest BCUT2D eigenvalue weighted by molar-refractivity contribution is 5.58. The Morgan fingerprint density at radius 2 is 1.00 bits per heavy atom. The molecule has 5 aromatic rings. The van der Waals surface area contributed by atoms with Gasteiger partial charge in [0.25, 0.3) is 0 Å². The average Bonchev–Trinajstić information content (AvgIpc) is 3.33. The van der Waals surface area contributed by atoms with Gasteiger partial charge in [-0.25, -0.2) is 0 Å². The molecule has 3 nitrogen and oxygen atoms in total. The van der Waals surface area contributed by atoms with E-state index in [4.69, 9.17) is 5.10 Å². The highest BCUT2D eigenvalue weighted by Crippen LogP contribution is 2.40. The summed E-state index contributed by atoms with van der Waals surface area (Å²) < 4.78 is 2.09. The zero-order valence-corrected chi connectivity index (χ0v) is 16.5. The normalized spacial score (nSPS) is 11.3. The molecule has 5 rings (SSSR count). The van der Waals surface area contributed by atoms with Crippen LogP contribution in [-0.2, 0) is 5.54 Å². The first-order valence-corrected chi connectivity index (χ1v) is 10.0. The third-order valence-electron chi connectivity index (χ3n) is 5.48. The van der Waals surface area contributed by atoms with Crippen molar-refractivity contribution >= 4 is 0 Å². The van der Waals surface area contributed by atoms with E-state index in [1.807, 2.05) is 12.1 Å². The molecule has 3 aromatic carbocycles. The molecule has 2 aromatic heterocycles. The van der Waals surface area contributed by atoms with Gasteiger partial charge in [-0.15, -0.1) is 0 Å². The molecule has 0 bridgehead atoms. The summed E-state index contributed by atoms with van der Waals surface area (Å²) in [5, 5.41) is 5.07. The van der Waals surface area contributed by atoms with Gasteiger partial charge >= 0.3 is 0 Å². The van der Waals surface area contributed by atoms with Gasteiger partial charge in [0.15, 0.2) is 0 Å². The SMILES string of the molecule is c1ccc(C(c2ccccc2)(c2ccccc2)n2ccc(-c3ccncc3)n2)cc1. The van der Waals surface area contributed by atoms with Crippen molar-refractivity contribution in [3.63, 3.8) is 0 Å². The maximum Gasteiger partial charge on any atom is 0.138 e. The standard InChI is InChI=1S/C27H21N3/c1-4-10-23(11-5-1)27(24-12-6-2-7-13-24,25-14-8-3-9-15-25)30-21-18-26(29-30)22-16-19-28-20-17-22/h1-21H. The van der Waals surface area contributed by atoms with Crippen molar-refractivity contribution in [2.45, 2.75) is 5.54 Å². The van der Waals surface area contributed by atoms with E-state index in [0.717, 1.165) is 27.9 Å². The van der Waals surface area contributed by atoms with Crippen molar-refractivity contribution in [1.82, 2.24) is 14.8 Å². The smallest absolute Gasteiger partial charge is 0.138 e. The fourth-order valence-electron chi connectivity index (χ4n) is 4.12. The van der Waals surface area contributed by atoms with Crippen LogP contribution in [0.15, 0.2) is 128 Å². The molecule has 0 aliphatic rings. The lowest BCUT2D eigenvalue weighted by Crippen LogP contribution is -2.38. The minimum absolute atomic E-state index is 0.588. The summed E-state index contributed by atoms with van der Waals surface area (Å²) in [5.41, 5.74) is 4.86. The molecule has 0 N–H and O–H groups in total. The molecule has 3 heteroatoms. The number of aromatic nitrogens is 3. The summed E-state index contributed by atoms with van der Waals surface area (Å²) in [5.74, 6) is 0. The zero-order valence-electron chi connectivity index (χ0n) is 16.5. The quantitative estimate of drug-likeness (QED) is 0.358. The largest absolute Gasteiger partial charge is 0.265 e. The number of pyridine rings is 1. The van der Waals surface area contributed by atoms with Crippen molar-refractivity contribution in [3.8, 4) is 11.3 Å². The van der Waals surface area contributed by atoms with Crippen LogP contribution in [0.1, 0.15) is 16.7 Å². The third kappa shape index (κ3) is 3.01. The molecule has 0 atom stereocenters. The maximum absolute atomic E-state index is 5.07. The Balaban J connectivity index is 1.82. The predicted octanol–water partition coefficient (Wildman–Crippen LogP) is 5.79. The Morgan fingerprint density at radius 3 is 1.47 bits per heavy atom. The minimum Gasteiger partial charge on any atom is -0.265 e. The van der Waals surface area contributed by atoms with E-state index in [-0.39, 0.29) is 0 Å². The number of hydrogen-bond acceptors (Lipinski definition) is 2. The Morgan fingerprint density at radius 1 is 0.533 bits per heavy atom. The van der Waals surface area contributed by atoms with Gasteiger partial charge in [0.1, 0.15) is 5.54 Å². The highest BCUT2D eigenvalue weighted by Gasteiger charge is 2.39. The molecular weight excluding hydrogens is 366 g/mol. The molecule has 144 valence electrons. The third-order valence-corrected chi connectivity index (χ3v) is 5.48. The Labute approximate surface area is 176 Å². The second-order valence-corrected chi connectivity index (χ2v) is 7.19. The molecule has 0 aliphatic carbocycles. The van der Waals surface area contributed by atoms with E-state index in [9.17, 15) is 0 Å². The van der Waals surface area contributed by atoms with Crippen LogP contribution in [0.3, 0.4) is 0 Å². The van der Waals surface area contributed by atoms with Gasteiger partial charge < -0.3 is 0 Å². The van der Waals surface area contributed by atoms with Gasteiger partial charge in [0, 0.05) is 24.2 Å². The van der Waals surface area contributed by atoms with Gasteiger partial charge in [0.2, 0.25) is 0 Å². The van der Waals surface area contributed by atoms with Crippen LogP contribution in [0.4, 0.5) is 0 Å². The van der Waals surface area contributed by atoms with E-state index in [2.05, 4.69) is 113 Å². The molecule has 2 heterocycles. The van der Waals surface area contributed by atoms with Crippen molar-refractivity contribution in [2.24, 2.45) is 0 Å². The van der Waals surface area contributed by atoms with Crippen LogP contribution in [0, 0.1) is 0 Å². The summed E-state index contributed by atoms with van der Waals surface area (Å²) in [6.45, 7) is 0. The summed E-state index contributed by atoms with van der Waals surface area (Å²) in [6, 6.07) is 37.8. The molecule has 0 amide bonds. The molecule has 30 heavy (non-hydrogen) atoms. The van der Waals surface area contributed by atoms with Crippen LogP contribution in [0.25, 0.3) is 11.3 Å². The first-order valence-electron chi connectivity index (χ1n) is 10.0. The Kier molecular flexibility index (Phi) is 4.70. The van der Waals surface area contributed by atoms with Crippen LogP contribution in [-0.4, -0.2) is 14.8 Å². The summed E-state index contributed by atoms with van der Waals surface area (Å²) in [7, 11) is 0. The number of hydrogen-bond donors (Lipinski definition) is 0. The number of rotatable bonds is 5. The fraction of sp³-hybridized carbons (Fsp3) is 0.0370. The lowest BCUT2D eigenvalue weighted by atomic mass is 9.77. The fourth-order valence-corrected chi connectivity index (χ4v) is 4.12. The van der Waals surface area contributed by atoms with E-state index in [1.54, 1.807) is 12.4 Å². The lowest BCUT2D eigenvalue weighted by Gasteiger charge is -2.36. The van der Waals surface area contributed by atoms with Crippen molar-refractivity contribution < 1.29 is 0 Å². The van der Waals surface area contributed by atoms with Gasteiger partial charge in [0.05, 0.1) is 5.69 Å². The molecule has 0 unspecified atom stereocenters. The molecule has 0 saturated carbocycles. The average molecular weight is 387 g/mol. The summed E-state index contributed by atoms with van der Waals surface area (Å²) >= 11 is 0. The van der Waals surface area contributed by atoms with Gasteiger partial charge in [-0.1, -0.05) is 91.0 Å². The van der Waals surface area contributed by atoms with Crippen LogP contribution in [0.2, 0.25) is 0 Å². The van der Waals surface area contributed by atoms with E-state index in [0.29, 0.717) is 0 Å². The maximum atomic E-state index is 5.07. The van der Waals surface area contributed by atoms with Gasteiger partial charge in [-0.3, -0.25) is 9.67 Å². The Hall–Kier alpha value is -3.98. The van der Waals surface area contributed by atoms with Crippen LogP contribution in [0.5, 0.6) is 0 Å². The van der Waals surface area contributed by atoms with Gasteiger partial charge in [-0.05, 0) is 34.9 Å². The number of nitrogens with zero attached hydrogens (tertiary/aromatic N) is 3. The summed E-state index contributed by atoms with van der Waals surface area (Å²) in [6.07, 6.45) is 5.67. The summed E-state index contributed by atoms with van der Waals surface area (Å²) in [4.78, 5) is 4.13. The molecular formula is C27H21N3. The molecule has 0 spiro atoms. The van der Waals surface area contributed by atoms with Crippen molar-refractivity contribution in [1.29, 1.82) is 0 Å². The van der Waals surface area contributed by atoms with E-state index >= 15 is 0 Å². The minimum atomic E-state index is -0.588. The topological polar surface area (TPSA) is 30.7 Å². The lowest BCUT2D eigenvalue weighted by molar-refractivity contribution is 0.461. The predicted molar refractivity (Wildman–Crippen MR) is 120 cm³/mol. The zero-order chi connectivity index (χ0) is 20.2. The first kappa shape index (κ1) is 18.1. The first-order chi connectivity index (χ1) is 14.9. The van der Waals surface area contributed by atoms with Crippen molar-refractivity contribution in [2.75, 3.05) is 0 Å². The van der Waals surface area contributed by atoms with Crippen LogP contribution < -0.4 is 0 Å². The van der Waals surface area contributed by atoms with E-state index < -0.39 is 5.54 Å². The van der Waals surface area contributed by atoms with Crippen LogP contribution >= 0.6 is 0 Å². The second-order valence-electron chi connectivity index (χ2n) is 7.19. The Bertz CT molecular complexity index is 1120. The monoisotopic (exact) mass is 387 g/mol. The molecule has 0 saturated heterocycles. The second kappa shape index (κ2) is 7.80. The van der Waals surface area contributed by atoms with Crippen molar-refractivity contribution in [3.05, 3.63) is 144 Å². The molecule has 0 fully saturated rings. The number of benzene rings is 3. The van der Waals surface area contributed by atoms with E-state index in [1.165, 1.54) is 0 Å². The van der Waals surface area contributed by atoms with Gasteiger partial charge in [-0.2, -0.15) is 5.10 Å². The molecule has 0 radical (unpaired) electrons. The highest BCUT2D eigenvalue weighted by atomic mass is 15.3.